The van der Waals surface area contributed by atoms with Crippen molar-refractivity contribution in [3.8, 4) is 0 Å². The molecule has 0 saturated carbocycles. The van der Waals surface area contributed by atoms with Gasteiger partial charge in [-0.3, -0.25) is 0 Å². The van der Waals surface area contributed by atoms with E-state index in [4.69, 9.17) is 14.2 Å². The van der Waals surface area contributed by atoms with Gasteiger partial charge in [0, 0.05) is 0 Å². The van der Waals surface area contributed by atoms with Crippen molar-refractivity contribution < 1.29 is 14.2 Å². The van der Waals surface area contributed by atoms with Gasteiger partial charge in [-0.15, -0.1) is 0 Å². The van der Waals surface area contributed by atoms with Gasteiger partial charge in [0.15, 0.2) is 6.10 Å². The lowest BCUT2D eigenvalue weighted by atomic mass is 10.1. The minimum absolute atomic E-state index is 0.273. The zero-order chi connectivity index (χ0) is 22.4. The molecule has 0 saturated heterocycles. The first-order valence-electron chi connectivity index (χ1n) is 10.9. The van der Waals surface area contributed by atoms with Crippen molar-refractivity contribution in [1.82, 2.24) is 0 Å². The summed E-state index contributed by atoms with van der Waals surface area (Å²) in [6.07, 6.45) is 40.2. The van der Waals surface area contributed by atoms with E-state index in [-0.39, 0.29) is 18.3 Å². The summed E-state index contributed by atoms with van der Waals surface area (Å²) in [7, 11) is 0. The average molecular weight is 427 g/mol. The molecule has 3 aliphatic rings. The summed E-state index contributed by atoms with van der Waals surface area (Å²) in [6.45, 7) is 4.01. The van der Waals surface area contributed by atoms with Crippen molar-refractivity contribution in [1.29, 1.82) is 0 Å². The molecule has 0 bridgehead atoms. The van der Waals surface area contributed by atoms with E-state index >= 15 is 0 Å². The van der Waals surface area contributed by atoms with Crippen LogP contribution in [0.1, 0.15) is 13.8 Å². The Morgan fingerprint density at radius 3 is 1.12 bits per heavy atom. The fourth-order valence-corrected chi connectivity index (χ4v) is 3.18. The molecule has 0 spiro atoms. The highest BCUT2D eigenvalue weighted by molar-refractivity contribution is 5.30. The van der Waals surface area contributed by atoms with Gasteiger partial charge in [0.1, 0.15) is 29.5 Å². The topological polar surface area (TPSA) is 27.7 Å². The summed E-state index contributed by atoms with van der Waals surface area (Å²) in [4.78, 5) is 0. The van der Waals surface area contributed by atoms with E-state index in [0.717, 1.165) is 17.3 Å². The summed E-state index contributed by atoms with van der Waals surface area (Å²) >= 11 is 0. The third kappa shape index (κ3) is 7.84. The van der Waals surface area contributed by atoms with Crippen molar-refractivity contribution in [3.05, 3.63) is 145 Å². The predicted molar refractivity (Wildman–Crippen MR) is 132 cm³/mol. The highest BCUT2D eigenvalue weighted by Gasteiger charge is 2.30. The van der Waals surface area contributed by atoms with E-state index in [9.17, 15) is 0 Å². The highest BCUT2D eigenvalue weighted by atomic mass is 16.6. The van der Waals surface area contributed by atoms with Crippen LogP contribution in [0.2, 0.25) is 0 Å². The monoisotopic (exact) mass is 426 g/mol. The Morgan fingerprint density at radius 2 is 0.719 bits per heavy atom. The van der Waals surface area contributed by atoms with Crippen LogP contribution in [-0.2, 0) is 14.2 Å². The molecule has 0 aromatic heterocycles. The molecule has 3 nitrogen and oxygen atoms in total. The molecule has 0 heterocycles. The molecule has 164 valence electrons. The van der Waals surface area contributed by atoms with Gasteiger partial charge in [-0.1, -0.05) is 91.1 Å². The quantitative estimate of drug-likeness (QED) is 0.423. The number of allylic oxidation sites excluding steroid dienone is 21. The first-order chi connectivity index (χ1) is 15.7. The van der Waals surface area contributed by atoms with Crippen LogP contribution in [0.15, 0.2) is 145 Å². The zero-order valence-corrected chi connectivity index (χ0v) is 18.6. The van der Waals surface area contributed by atoms with E-state index < -0.39 is 0 Å². The molecular weight excluding hydrogens is 396 g/mol. The van der Waals surface area contributed by atoms with Crippen LogP contribution < -0.4 is 0 Å². The molecule has 3 aliphatic carbocycles. The second-order valence-corrected chi connectivity index (χ2v) is 7.32. The second-order valence-electron chi connectivity index (χ2n) is 7.32. The molecule has 0 radical (unpaired) electrons. The molecule has 2 unspecified atom stereocenters. The standard InChI is InChI=1S/C29H30O3/c1-24(30-26-18-12-6-3-7-13-19-26)29(32-28-22-16-10-5-11-17-23-28)25(2)31-27-20-14-8-4-9-15-21-27/h3-25,29H,1-2H3/b6-3-,7-3?,8-4-,9-4?,10-5-,11-5?,12-6?,13-7-,14-8?,15-9-,16-10?,17-11-,18-12?,19-13?,20-14?,21-15?,22-16?,23-17?,26-18?,26-19?,27-20?,27-21?,28-22?,28-23?. The SMILES string of the molecule is CC(OC1=C/C=C\C=C/C=C1)C(OC1=C/C=C\C=C/C=C1)C(C)OC1=C/C=C\C=C/C=C1. The van der Waals surface area contributed by atoms with Gasteiger partial charge in [0.25, 0.3) is 0 Å². The van der Waals surface area contributed by atoms with E-state index in [1.807, 2.05) is 141 Å². The summed E-state index contributed by atoms with van der Waals surface area (Å²) in [5.74, 6) is 2.28. The van der Waals surface area contributed by atoms with Gasteiger partial charge >= 0.3 is 0 Å². The predicted octanol–water partition coefficient (Wildman–Crippen LogP) is 6.88. The van der Waals surface area contributed by atoms with Gasteiger partial charge in [0.05, 0.1) is 0 Å². The molecular formula is C29H30O3. The van der Waals surface area contributed by atoms with Crippen molar-refractivity contribution in [2.75, 3.05) is 0 Å². The largest absolute Gasteiger partial charge is 0.487 e. The zero-order valence-electron chi connectivity index (χ0n) is 18.6. The number of ether oxygens (including phenoxy) is 3. The van der Waals surface area contributed by atoms with Crippen LogP contribution in [0, 0.1) is 0 Å². The van der Waals surface area contributed by atoms with E-state index in [1.165, 1.54) is 0 Å². The maximum absolute atomic E-state index is 6.42. The Morgan fingerprint density at radius 1 is 0.406 bits per heavy atom. The smallest absolute Gasteiger partial charge is 0.171 e. The first kappa shape index (κ1) is 23.0. The summed E-state index contributed by atoms with van der Waals surface area (Å²) in [5, 5.41) is 0. The van der Waals surface area contributed by atoms with Gasteiger partial charge in [-0.05, 0) is 50.3 Å². The van der Waals surface area contributed by atoms with Crippen molar-refractivity contribution in [2.45, 2.75) is 32.2 Å². The van der Waals surface area contributed by atoms with Gasteiger partial charge in [-0.25, -0.2) is 0 Å². The molecule has 2 atom stereocenters. The molecule has 0 aromatic carbocycles. The van der Waals surface area contributed by atoms with E-state index in [1.54, 1.807) is 0 Å². The first-order valence-corrected chi connectivity index (χ1v) is 10.9. The lowest BCUT2D eigenvalue weighted by Crippen LogP contribution is -2.39. The van der Waals surface area contributed by atoms with Crippen LogP contribution in [0.5, 0.6) is 0 Å². The molecule has 0 fully saturated rings. The third-order valence-corrected chi connectivity index (χ3v) is 4.74. The van der Waals surface area contributed by atoms with Crippen LogP contribution in [-0.4, -0.2) is 18.3 Å². The van der Waals surface area contributed by atoms with Crippen LogP contribution in [0.4, 0.5) is 0 Å². The highest BCUT2D eigenvalue weighted by Crippen LogP contribution is 2.22. The normalized spacial score (nSPS) is 25.9. The Labute approximate surface area is 191 Å². The van der Waals surface area contributed by atoms with Gasteiger partial charge < -0.3 is 14.2 Å². The van der Waals surface area contributed by atoms with Crippen LogP contribution >= 0.6 is 0 Å². The molecule has 0 aromatic rings. The average Bonchev–Trinajstić information content (AvgIpc) is 2.71. The lowest BCUT2D eigenvalue weighted by molar-refractivity contribution is -0.0751. The fourth-order valence-electron chi connectivity index (χ4n) is 3.18. The van der Waals surface area contributed by atoms with Crippen LogP contribution in [0.25, 0.3) is 0 Å². The molecule has 3 rings (SSSR count). The summed E-state index contributed by atoms with van der Waals surface area (Å²) in [5.41, 5.74) is 0. The lowest BCUT2D eigenvalue weighted by Gasteiger charge is -2.31. The molecule has 0 amide bonds. The summed E-state index contributed by atoms with van der Waals surface area (Å²) in [6, 6.07) is 0. The molecule has 32 heavy (non-hydrogen) atoms. The number of hydrogen-bond donors (Lipinski definition) is 0. The van der Waals surface area contributed by atoms with Crippen molar-refractivity contribution in [2.24, 2.45) is 0 Å². The van der Waals surface area contributed by atoms with Crippen molar-refractivity contribution >= 4 is 0 Å². The maximum atomic E-state index is 6.42. The minimum Gasteiger partial charge on any atom is -0.487 e. The van der Waals surface area contributed by atoms with E-state index in [2.05, 4.69) is 0 Å². The maximum Gasteiger partial charge on any atom is 0.171 e. The number of rotatable bonds is 8. The van der Waals surface area contributed by atoms with Crippen molar-refractivity contribution in [3.63, 3.8) is 0 Å². The Bertz CT molecular complexity index is 931. The number of hydrogen-bond acceptors (Lipinski definition) is 3. The van der Waals surface area contributed by atoms with Gasteiger partial charge in [-0.2, -0.15) is 0 Å². The third-order valence-electron chi connectivity index (χ3n) is 4.74. The van der Waals surface area contributed by atoms with E-state index in [0.29, 0.717) is 0 Å². The second kappa shape index (κ2) is 12.9. The van der Waals surface area contributed by atoms with Gasteiger partial charge in [0.2, 0.25) is 0 Å². The Hall–Kier alpha value is -3.72. The minimum atomic E-state index is -0.360. The Balaban J connectivity index is 1.79. The Kier molecular flexibility index (Phi) is 9.22. The fraction of sp³-hybridized carbons (Fsp3) is 0.172. The molecule has 0 aliphatic heterocycles. The molecule has 0 N–H and O–H groups in total. The summed E-state index contributed by atoms with van der Waals surface area (Å²) < 4.78 is 19.0. The molecule has 3 heteroatoms. The van der Waals surface area contributed by atoms with Crippen LogP contribution in [0.3, 0.4) is 0 Å².